The molecule has 0 heterocycles. The van der Waals surface area contributed by atoms with E-state index in [1.165, 1.54) is 26.2 Å². The molecule has 20 heavy (non-hydrogen) atoms. The largest absolute Gasteiger partial charge is 0.348 e. The molecule has 0 aromatic heterocycles. The second kappa shape index (κ2) is 6.67. The van der Waals surface area contributed by atoms with Gasteiger partial charge in [-0.2, -0.15) is 0 Å². The Labute approximate surface area is 120 Å². The molecule has 0 aliphatic carbocycles. The summed E-state index contributed by atoms with van der Waals surface area (Å²) in [4.78, 5) is 11.8. The predicted octanol–water partition coefficient (Wildman–Crippen LogP) is 1.52. The molecular weight excluding hydrogens is 276 g/mol. The van der Waals surface area contributed by atoms with Crippen molar-refractivity contribution in [2.75, 3.05) is 14.1 Å². The Morgan fingerprint density at radius 3 is 2.40 bits per heavy atom. The number of rotatable bonds is 5. The van der Waals surface area contributed by atoms with E-state index in [4.69, 9.17) is 0 Å². The lowest BCUT2D eigenvalue weighted by Crippen LogP contribution is -2.26. The van der Waals surface area contributed by atoms with E-state index in [9.17, 15) is 13.2 Å². The van der Waals surface area contributed by atoms with Crippen LogP contribution in [-0.4, -0.2) is 32.7 Å². The number of carbonyl (C=O) groups is 1. The highest BCUT2D eigenvalue weighted by Crippen LogP contribution is 2.18. The molecule has 110 valence electrons. The summed E-state index contributed by atoms with van der Waals surface area (Å²) in [7, 11) is -0.552. The van der Waals surface area contributed by atoms with E-state index in [2.05, 4.69) is 5.32 Å². The van der Waals surface area contributed by atoms with Crippen molar-refractivity contribution in [3.05, 3.63) is 41.5 Å². The van der Waals surface area contributed by atoms with Gasteiger partial charge in [0.15, 0.2) is 0 Å². The van der Waals surface area contributed by atoms with Crippen molar-refractivity contribution in [2.45, 2.75) is 25.3 Å². The van der Waals surface area contributed by atoms with Crippen LogP contribution in [-0.2, 0) is 21.4 Å². The summed E-state index contributed by atoms with van der Waals surface area (Å²) in [5.41, 5.74) is 1.45. The predicted molar refractivity (Wildman–Crippen MR) is 78.6 cm³/mol. The van der Waals surface area contributed by atoms with Crippen LogP contribution in [0.3, 0.4) is 0 Å². The van der Waals surface area contributed by atoms with E-state index in [-0.39, 0.29) is 17.3 Å². The maximum absolute atomic E-state index is 12.2. The van der Waals surface area contributed by atoms with Crippen molar-refractivity contribution in [3.63, 3.8) is 0 Å². The zero-order chi connectivity index (χ0) is 15.3. The van der Waals surface area contributed by atoms with Crippen LogP contribution < -0.4 is 5.32 Å². The number of hydrogen-bond acceptors (Lipinski definition) is 3. The lowest BCUT2D eigenvalue weighted by atomic mass is 10.2. The number of hydrogen-bond donors (Lipinski definition) is 1. The summed E-state index contributed by atoms with van der Waals surface area (Å²) < 4.78 is 25.5. The van der Waals surface area contributed by atoms with Gasteiger partial charge in [0.05, 0.1) is 4.90 Å². The topological polar surface area (TPSA) is 66.5 Å². The molecule has 0 unspecified atom stereocenters. The maximum atomic E-state index is 12.2. The van der Waals surface area contributed by atoms with Gasteiger partial charge in [0, 0.05) is 26.7 Å². The minimum absolute atomic E-state index is 0.172. The van der Waals surface area contributed by atoms with Gasteiger partial charge in [-0.3, -0.25) is 4.79 Å². The second-order valence-electron chi connectivity index (χ2n) is 4.83. The van der Waals surface area contributed by atoms with Gasteiger partial charge in [-0.25, -0.2) is 12.7 Å². The first kappa shape index (κ1) is 16.4. The molecule has 0 radical (unpaired) electrons. The van der Waals surface area contributed by atoms with Crippen LogP contribution in [0.25, 0.3) is 0 Å². The number of carbonyl (C=O) groups excluding carboxylic acids is 1. The first-order valence-corrected chi connectivity index (χ1v) is 7.62. The normalized spacial score (nSPS) is 11.2. The number of nitrogens with zero attached hydrogens (tertiary/aromatic N) is 1. The lowest BCUT2D eigenvalue weighted by Gasteiger charge is -2.15. The highest BCUT2D eigenvalue weighted by atomic mass is 32.2. The third kappa shape index (κ3) is 4.18. The minimum atomic E-state index is -3.51. The molecule has 0 aliphatic heterocycles. The van der Waals surface area contributed by atoms with Crippen molar-refractivity contribution >= 4 is 15.9 Å². The smallest absolute Gasteiger partial charge is 0.244 e. The molecular formula is C14H20N2O3S. The monoisotopic (exact) mass is 296 g/mol. The van der Waals surface area contributed by atoms with Gasteiger partial charge in [-0.05, 0) is 25.5 Å². The number of sulfonamides is 1. The van der Waals surface area contributed by atoms with Gasteiger partial charge in [0.2, 0.25) is 15.9 Å². The zero-order valence-electron chi connectivity index (χ0n) is 12.2. The average Bonchev–Trinajstić information content (AvgIpc) is 2.35. The molecule has 1 amide bonds. The van der Waals surface area contributed by atoms with Crippen molar-refractivity contribution in [3.8, 4) is 0 Å². The second-order valence-corrected chi connectivity index (χ2v) is 6.95. The summed E-state index contributed by atoms with van der Waals surface area (Å²) in [5.74, 6) is -0.234. The Kier molecular flexibility index (Phi) is 5.47. The van der Waals surface area contributed by atoms with Crippen LogP contribution in [0, 0.1) is 0 Å². The quantitative estimate of drug-likeness (QED) is 0.838. The number of amides is 1. The fraction of sp³-hybridized carbons (Fsp3) is 0.357. The SMILES string of the molecule is CC(C)=CC(=O)NCc1ccccc1S(=O)(=O)N(C)C. The van der Waals surface area contributed by atoms with Gasteiger partial charge >= 0.3 is 0 Å². The Bertz CT molecular complexity index is 615. The van der Waals surface area contributed by atoms with E-state index in [0.717, 1.165) is 9.88 Å². The molecule has 0 saturated heterocycles. The molecule has 0 aliphatic rings. The summed E-state index contributed by atoms with van der Waals surface area (Å²) >= 11 is 0. The van der Waals surface area contributed by atoms with Gasteiger partial charge in [-0.15, -0.1) is 0 Å². The molecule has 0 saturated carbocycles. The van der Waals surface area contributed by atoms with Crippen molar-refractivity contribution in [1.29, 1.82) is 0 Å². The molecule has 1 aromatic carbocycles. The third-order valence-electron chi connectivity index (χ3n) is 2.60. The zero-order valence-corrected chi connectivity index (χ0v) is 13.0. The third-order valence-corrected chi connectivity index (χ3v) is 4.52. The number of nitrogens with one attached hydrogen (secondary N) is 1. The fourth-order valence-corrected chi connectivity index (χ4v) is 2.71. The van der Waals surface area contributed by atoms with Gasteiger partial charge in [-0.1, -0.05) is 23.8 Å². The summed E-state index contributed by atoms with van der Waals surface area (Å²) in [6, 6.07) is 6.64. The van der Waals surface area contributed by atoms with E-state index in [1.807, 2.05) is 13.8 Å². The van der Waals surface area contributed by atoms with Crippen LogP contribution in [0.5, 0.6) is 0 Å². The Balaban J connectivity index is 2.99. The van der Waals surface area contributed by atoms with Crippen LogP contribution >= 0.6 is 0 Å². The standard InChI is InChI=1S/C14H20N2O3S/c1-11(2)9-14(17)15-10-12-7-5-6-8-13(12)20(18,19)16(3)4/h5-9H,10H2,1-4H3,(H,15,17). The molecule has 1 N–H and O–H groups in total. The van der Waals surface area contributed by atoms with Crippen molar-refractivity contribution in [2.24, 2.45) is 0 Å². The van der Waals surface area contributed by atoms with E-state index in [0.29, 0.717) is 5.56 Å². The molecule has 5 nitrogen and oxygen atoms in total. The Hall–Kier alpha value is -1.66. The van der Waals surface area contributed by atoms with Crippen molar-refractivity contribution in [1.82, 2.24) is 9.62 Å². The minimum Gasteiger partial charge on any atom is -0.348 e. The Morgan fingerprint density at radius 2 is 1.85 bits per heavy atom. The highest BCUT2D eigenvalue weighted by molar-refractivity contribution is 7.89. The summed E-state index contributed by atoms with van der Waals surface area (Å²) in [6.45, 7) is 3.82. The molecule has 0 bridgehead atoms. The fourth-order valence-electron chi connectivity index (χ4n) is 1.59. The molecule has 1 aromatic rings. The highest BCUT2D eigenvalue weighted by Gasteiger charge is 2.20. The van der Waals surface area contributed by atoms with Crippen LogP contribution in [0.2, 0.25) is 0 Å². The molecule has 6 heteroatoms. The Morgan fingerprint density at radius 1 is 1.25 bits per heavy atom. The lowest BCUT2D eigenvalue weighted by molar-refractivity contribution is -0.116. The van der Waals surface area contributed by atoms with E-state index < -0.39 is 10.0 Å². The molecule has 1 rings (SSSR count). The molecule has 0 atom stereocenters. The van der Waals surface area contributed by atoms with Crippen LogP contribution in [0.1, 0.15) is 19.4 Å². The first-order chi connectivity index (χ1) is 9.25. The van der Waals surface area contributed by atoms with Gasteiger partial charge in [0.1, 0.15) is 0 Å². The van der Waals surface area contributed by atoms with E-state index >= 15 is 0 Å². The summed E-state index contributed by atoms with van der Waals surface area (Å²) in [6.07, 6.45) is 1.48. The van der Waals surface area contributed by atoms with Gasteiger partial charge < -0.3 is 5.32 Å². The first-order valence-electron chi connectivity index (χ1n) is 6.18. The van der Waals surface area contributed by atoms with E-state index in [1.54, 1.807) is 18.2 Å². The summed E-state index contributed by atoms with van der Waals surface area (Å²) in [5, 5.41) is 2.68. The van der Waals surface area contributed by atoms with Crippen LogP contribution in [0.4, 0.5) is 0 Å². The van der Waals surface area contributed by atoms with Crippen molar-refractivity contribution < 1.29 is 13.2 Å². The number of benzene rings is 1. The maximum Gasteiger partial charge on any atom is 0.244 e. The van der Waals surface area contributed by atoms with Crippen LogP contribution in [0.15, 0.2) is 40.8 Å². The number of allylic oxidation sites excluding steroid dienone is 1. The molecule has 0 fully saturated rings. The van der Waals surface area contributed by atoms with Gasteiger partial charge in [0.25, 0.3) is 0 Å². The average molecular weight is 296 g/mol. The molecule has 0 spiro atoms.